The zero-order valence-corrected chi connectivity index (χ0v) is 16.5. The summed E-state index contributed by atoms with van der Waals surface area (Å²) < 4.78 is 7.14. The zero-order chi connectivity index (χ0) is 20.5. The van der Waals surface area contributed by atoms with Crippen molar-refractivity contribution < 1.29 is 14.4 Å². The number of anilines is 1. The molecule has 3 aromatic rings. The summed E-state index contributed by atoms with van der Waals surface area (Å²) in [4.78, 5) is 24.9. The molecule has 2 aliphatic rings. The van der Waals surface area contributed by atoms with Crippen LogP contribution in [0.25, 0.3) is 5.65 Å². The number of oxime groups is 1. The molecule has 1 aromatic carbocycles. The number of morpholine rings is 1. The molecule has 0 bridgehead atoms. The van der Waals surface area contributed by atoms with E-state index in [2.05, 4.69) is 25.7 Å². The number of hydrogen-bond donors (Lipinski definition) is 2. The number of nitrogens with one attached hydrogen (secondary N) is 2. The number of rotatable bonds is 3. The first-order valence-corrected chi connectivity index (χ1v) is 9.86. The van der Waals surface area contributed by atoms with Crippen molar-refractivity contribution in [3.05, 3.63) is 65.6 Å². The Kier molecular flexibility index (Phi) is 4.72. The molecule has 0 radical (unpaired) electrons. The van der Waals surface area contributed by atoms with E-state index in [0.717, 1.165) is 29.9 Å². The average molecular weight is 406 g/mol. The minimum absolute atomic E-state index is 0.223. The predicted molar refractivity (Wildman–Crippen MR) is 111 cm³/mol. The van der Waals surface area contributed by atoms with Crippen molar-refractivity contribution in [2.45, 2.75) is 13.2 Å². The van der Waals surface area contributed by atoms with Gasteiger partial charge in [0.1, 0.15) is 11.3 Å². The zero-order valence-electron chi connectivity index (χ0n) is 16.5. The smallest absolute Gasteiger partial charge is 0.274 e. The first-order chi connectivity index (χ1) is 14.7. The van der Waals surface area contributed by atoms with Crippen molar-refractivity contribution in [3.8, 4) is 0 Å². The molecule has 0 spiro atoms. The molecule has 1 atom stereocenters. The summed E-state index contributed by atoms with van der Waals surface area (Å²) in [5.41, 5.74) is 3.75. The average Bonchev–Trinajstić information content (AvgIpc) is 3.43. The second-order valence-electron chi connectivity index (χ2n) is 7.24. The van der Waals surface area contributed by atoms with Crippen LogP contribution in [0.4, 0.5) is 5.69 Å². The summed E-state index contributed by atoms with van der Waals surface area (Å²) in [5, 5.41) is 10.5. The third-order valence-electron chi connectivity index (χ3n) is 5.28. The van der Waals surface area contributed by atoms with E-state index in [1.165, 1.54) is 0 Å². The highest BCUT2D eigenvalue weighted by molar-refractivity contribution is 6.04. The second-order valence-corrected chi connectivity index (χ2v) is 7.24. The Morgan fingerprint density at radius 2 is 2.10 bits per heavy atom. The van der Waals surface area contributed by atoms with Crippen LogP contribution in [-0.4, -0.2) is 52.5 Å². The minimum atomic E-state index is -0.408. The Bertz CT molecular complexity index is 1120. The molecule has 154 valence electrons. The van der Waals surface area contributed by atoms with Crippen LogP contribution in [0.3, 0.4) is 0 Å². The second kappa shape index (κ2) is 7.68. The van der Waals surface area contributed by atoms with Crippen molar-refractivity contribution in [2.75, 3.05) is 31.6 Å². The van der Waals surface area contributed by atoms with Crippen LogP contribution in [0, 0.1) is 6.92 Å². The van der Waals surface area contributed by atoms with Crippen molar-refractivity contribution in [3.63, 3.8) is 0 Å². The first kappa shape index (κ1) is 18.4. The van der Waals surface area contributed by atoms with Crippen molar-refractivity contribution >= 4 is 23.2 Å². The highest BCUT2D eigenvalue weighted by Gasteiger charge is 2.27. The molecule has 2 N–H and O–H groups in total. The van der Waals surface area contributed by atoms with Crippen molar-refractivity contribution in [1.82, 2.24) is 19.6 Å². The van der Waals surface area contributed by atoms with Gasteiger partial charge in [-0.3, -0.25) is 9.20 Å². The molecule has 4 heterocycles. The topological polar surface area (TPSA) is 92.5 Å². The molecule has 1 saturated heterocycles. The van der Waals surface area contributed by atoms with E-state index in [4.69, 9.17) is 9.57 Å². The van der Waals surface area contributed by atoms with Crippen LogP contribution in [0.2, 0.25) is 0 Å². The number of ether oxygens (including phenoxy) is 1. The predicted octanol–water partition coefficient (Wildman–Crippen LogP) is 2.12. The SMILES string of the molecule is Cc1ccc(C2NC(N3CCOCC3)=NO2)cc1NC(=O)c1cnc2ccccn12. The van der Waals surface area contributed by atoms with E-state index in [0.29, 0.717) is 30.6 Å². The largest absolute Gasteiger partial charge is 0.378 e. The molecule has 9 heteroatoms. The number of pyridine rings is 1. The number of aryl methyl sites for hydroxylation is 1. The molecule has 1 amide bonds. The summed E-state index contributed by atoms with van der Waals surface area (Å²) in [5.74, 6) is 0.486. The van der Waals surface area contributed by atoms with Gasteiger partial charge in [0.05, 0.1) is 19.4 Å². The van der Waals surface area contributed by atoms with Gasteiger partial charge in [-0.2, -0.15) is 0 Å². The fourth-order valence-electron chi connectivity index (χ4n) is 3.57. The lowest BCUT2D eigenvalue weighted by Crippen LogP contribution is -2.45. The molecular formula is C21H22N6O3. The Morgan fingerprint density at radius 3 is 2.97 bits per heavy atom. The van der Waals surface area contributed by atoms with Gasteiger partial charge in [0, 0.05) is 30.5 Å². The third-order valence-corrected chi connectivity index (χ3v) is 5.28. The van der Waals surface area contributed by atoms with E-state index in [9.17, 15) is 4.79 Å². The Hall–Kier alpha value is -3.59. The fourth-order valence-corrected chi connectivity index (χ4v) is 3.57. The highest BCUT2D eigenvalue weighted by atomic mass is 16.7. The summed E-state index contributed by atoms with van der Waals surface area (Å²) >= 11 is 0. The van der Waals surface area contributed by atoms with Gasteiger partial charge in [-0.25, -0.2) is 4.98 Å². The first-order valence-electron chi connectivity index (χ1n) is 9.86. The number of fused-ring (bicyclic) bond motifs is 1. The van der Waals surface area contributed by atoms with Crippen molar-refractivity contribution in [1.29, 1.82) is 0 Å². The molecular weight excluding hydrogens is 384 g/mol. The number of imidazole rings is 1. The van der Waals surface area contributed by atoms with Gasteiger partial charge in [0.2, 0.25) is 12.2 Å². The van der Waals surface area contributed by atoms with Gasteiger partial charge in [-0.05, 0) is 35.8 Å². The summed E-state index contributed by atoms with van der Waals surface area (Å²) in [6, 6.07) is 11.4. The lowest BCUT2D eigenvalue weighted by atomic mass is 10.1. The van der Waals surface area contributed by atoms with Crippen LogP contribution in [-0.2, 0) is 9.57 Å². The Balaban J connectivity index is 1.32. The van der Waals surface area contributed by atoms with Crippen LogP contribution in [0.1, 0.15) is 27.8 Å². The van der Waals surface area contributed by atoms with Crippen LogP contribution < -0.4 is 10.6 Å². The Morgan fingerprint density at radius 1 is 1.23 bits per heavy atom. The van der Waals surface area contributed by atoms with E-state index >= 15 is 0 Å². The van der Waals surface area contributed by atoms with Crippen LogP contribution in [0.5, 0.6) is 0 Å². The summed E-state index contributed by atoms with van der Waals surface area (Å²) in [6.45, 7) is 4.85. The van der Waals surface area contributed by atoms with Gasteiger partial charge in [0.25, 0.3) is 5.91 Å². The maximum atomic E-state index is 12.9. The Labute approximate surface area is 173 Å². The number of carbonyl (C=O) groups is 1. The molecule has 30 heavy (non-hydrogen) atoms. The molecule has 0 aliphatic carbocycles. The van der Waals surface area contributed by atoms with Crippen LogP contribution >= 0.6 is 0 Å². The number of nitrogens with zero attached hydrogens (tertiary/aromatic N) is 4. The molecule has 0 saturated carbocycles. The normalized spacial score (nSPS) is 18.6. The maximum Gasteiger partial charge on any atom is 0.274 e. The van der Waals surface area contributed by atoms with E-state index in [1.807, 2.05) is 49.5 Å². The fraction of sp³-hybridized carbons (Fsp3) is 0.286. The van der Waals surface area contributed by atoms with Gasteiger partial charge < -0.3 is 25.1 Å². The highest BCUT2D eigenvalue weighted by Crippen LogP contribution is 2.26. The minimum Gasteiger partial charge on any atom is -0.378 e. The van der Waals surface area contributed by atoms with Gasteiger partial charge in [-0.1, -0.05) is 18.2 Å². The number of aromatic nitrogens is 2. The molecule has 2 aromatic heterocycles. The number of guanidine groups is 1. The molecule has 5 rings (SSSR count). The monoisotopic (exact) mass is 406 g/mol. The molecule has 1 fully saturated rings. The van der Waals surface area contributed by atoms with Gasteiger partial charge >= 0.3 is 0 Å². The number of amides is 1. The quantitative estimate of drug-likeness (QED) is 0.692. The van der Waals surface area contributed by atoms with E-state index in [1.54, 1.807) is 10.6 Å². The van der Waals surface area contributed by atoms with Crippen molar-refractivity contribution in [2.24, 2.45) is 5.16 Å². The molecule has 9 nitrogen and oxygen atoms in total. The lowest BCUT2D eigenvalue weighted by Gasteiger charge is -2.27. The molecule has 1 unspecified atom stereocenters. The van der Waals surface area contributed by atoms with Gasteiger partial charge in [-0.15, -0.1) is 0 Å². The summed E-state index contributed by atoms with van der Waals surface area (Å²) in [6.07, 6.45) is 2.99. The van der Waals surface area contributed by atoms with E-state index in [-0.39, 0.29) is 5.91 Å². The number of hydrogen-bond acceptors (Lipinski definition) is 7. The third kappa shape index (κ3) is 3.43. The lowest BCUT2D eigenvalue weighted by molar-refractivity contribution is 0.0665. The number of carbonyl (C=O) groups excluding carboxylic acids is 1. The summed E-state index contributed by atoms with van der Waals surface area (Å²) in [7, 11) is 0. The number of benzene rings is 1. The van der Waals surface area contributed by atoms with E-state index < -0.39 is 6.23 Å². The maximum absolute atomic E-state index is 12.9. The van der Waals surface area contributed by atoms with Crippen LogP contribution in [0.15, 0.2) is 53.9 Å². The molecule has 2 aliphatic heterocycles. The van der Waals surface area contributed by atoms with Gasteiger partial charge in [0.15, 0.2) is 0 Å². The standard InChI is InChI=1S/C21H22N6O3/c1-14-5-6-15(20-24-21(25-30-20)26-8-10-29-11-9-26)12-16(14)23-19(28)17-13-22-18-4-2-3-7-27(17)18/h2-7,12-13,20H,8-11H2,1H3,(H,23,28)(H,24,25).